The molecule has 4 aromatic rings. The average Bonchev–Trinajstić information content (AvgIpc) is 2.82. The number of rotatable bonds is 1. The number of para-hydroxylation sites is 2. The highest BCUT2D eigenvalue weighted by Gasteiger charge is 2.08. The summed E-state index contributed by atoms with van der Waals surface area (Å²) in [5.41, 5.74) is 3.17. The molecule has 3 nitrogen and oxygen atoms in total. The minimum absolute atomic E-state index is 0.697. The predicted molar refractivity (Wildman–Crippen MR) is 83.8 cm³/mol. The molecule has 20 heavy (non-hydrogen) atoms. The van der Waals surface area contributed by atoms with E-state index in [0.29, 0.717) is 4.77 Å². The van der Waals surface area contributed by atoms with Gasteiger partial charge in [-0.25, -0.2) is 0 Å². The molecule has 0 radical (unpaired) electrons. The molecule has 0 aliphatic rings. The maximum atomic E-state index is 5.48. The zero-order valence-electron chi connectivity index (χ0n) is 10.6. The van der Waals surface area contributed by atoms with Crippen LogP contribution in [0.2, 0.25) is 0 Å². The lowest BCUT2D eigenvalue weighted by Crippen LogP contribution is -1.95. The van der Waals surface area contributed by atoms with Crippen LogP contribution in [0.15, 0.2) is 60.9 Å². The minimum atomic E-state index is 0.697. The second-order valence-electron chi connectivity index (χ2n) is 4.66. The van der Waals surface area contributed by atoms with Gasteiger partial charge < -0.3 is 4.98 Å². The third-order valence-corrected chi connectivity index (χ3v) is 3.78. The van der Waals surface area contributed by atoms with Crippen molar-refractivity contribution in [3.8, 4) is 5.69 Å². The van der Waals surface area contributed by atoms with Crippen molar-refractivity contribution in [2.24, 2.45) is 0 Å². The van der Waals surface area contributed by atoms with E-state index < -0.39 is 0 Å². The van der Waals surface area contributed by atoms with Gasteiger partial charge in [0.05, 0.1) is 16.7 Å². The lowest BCUT2D eigenvalue weighted by atomic mass is 10.1. The van der Waals surface area contributed by atoms with E-state index in [9.17, 15) is 0 Å². The van der Waals surface area contributed by atoms with Crippen LogP contribution < -0.4 is 0 Å². The molecule has 96 valence electrons. The van der Waals surface area contributed by atoms with Gasteiger partial charge in [-0.1, -0.05) is 24.3 Å². The number of benzene rings is 2. The van der Waals surface area contributed by atoms with E-state index in [0.717, 1.165) is 27.5 Å². The summed E-state index contributed by atoms with van der Waals surface area (Å²) in [5.74, 6) is 0. The maximum absolute atomic E-state index is 5.48. The highest BCUT2D eigenvalue weighted by molar-refractivity contribution is 7.71. The maximum Gasteiger partial charge on any atom is 0.182 e. The quantitative estimate of drug-likeness (QED) is 0.528. The number of hydrogen-bond acceptors (Lipinski definition) is 2. The fourth-order valence-corrected chi connectivity index (χ4v) is 2.89. The topological polar surface area (TPSA) is 33.6 Å². The summed E-state index contributed by atoms with van der Waals surface area (Å²) in [7, 11) is 0. The second-order valence-corrected chi connectivity index (χ2v) is 5.04. The van der Waals surface area contributed by atoms with Gasteiger partial charge in [0.15, 0.2) is 4.77 Å². The normalized spacial score (nSPS) is 11.2. The molecular weight excluding hydrogens is 266 g/mol. The molecule has 0 fully saturated rings. The minimum Gasteiger partial charge on any atom is -0.330 e. The van der Waals surface area contributed by atoms with Crippen molar-refractivity contribution in [3.63, 3.8) is 0 Å². The van der Waals surface area contributed by atoms with E-state index in [-0.39, 0.29) is 0 Å². The molecule has 2 heterocycles. The highest BCUT2D eigenvalue weighted by Crippen LogP contribution is 2.25. The third-order valence-electron chi connectivity index (χ3n) is 3.49. The fraction of sp³-hybridized carbons (Fsp3) is 0. The molecule has 1 N–H and O–H groups in total. The molecule has 0 aliphatic heterocycles. The van der Waals surface area contributed by atoms with Crippen molar-refractivity contribution in [2.75, 3.05) is 0 Å². The standard InChI is InChI=1S/C16H11N3S/c20-16-18-13-5-1-2-6-15(13)19(16)14-7-3-4-11-8-9-17-10-12(11)14/h1-10H,(H,18,20). The molecule has 0 spiro atoms. The van der Waals surface area contributed by atoms with Crippen LogP contribution in [-0.4, -0.2) is 14.5 Å². The Morgan fingerprint density at radius 1 is 1.00 bits per heavy atom. The van der Waals surface area contributed by atoms with Crippen molar-refractivity contribution < 1.29 is 0 Å². The summed E-state index contributed by atoms with van der Waals surface area (Å²) in [5, 5.41) is 2.25. The second kappa shape index (κ2) is 4.28. The third kappa shape index (κ3) is 1.58. The first-order valence-corrected chi connectivity index (χ1v) is 6.78. The van der Waals surface area contributed by atoms with Crippen LogP contribution in [0.1, 0.15) is 0 Å². The number of nitrogens with zero attached hydrogens (tertiary/aromatic N) is 2. The van der Waals surface area contributed by atoms with E-state index in [1.807, 2.05) is 36.5 Å². The molecule has 2 aromatic carbocycles. The van der Waals surface area contributed by atoms with Gasteiger partial charge in [0.25, 0.3) is 0 Å². The Morgan fingerprint density at radius 2 is 1.90 bits per heavy atom. The van der Waals surface area contributed by atoms with Gasteiger partial charge in [-0.05, 0) is 41.9 Å². The number of hydrogen-bond donors (Lipinski definition) is 1. The van der Waals surface area contributed by atoms with Crippen molar-refractivity contribution in [2.45, 2.75) is 0 Å². The van der Waals surface area contributed by atoms with E-state index in [4.69, 9.17) is 12.2 Å². The number of H-pyrrole nitrogens is 1. The molecule has 4 heteroatoms. The van der Waals surface area contributed by atoms with Crippen molar-refractivity contribution in [1.29, 1.82) is 0 Å². The summed E-state index contributed by atoms with van der Waals surface area (Å²) in [6.07, 6.45) is 3.69. The van der Waals surface area contributed by atoms with Gasteiger partial charge >= 0.3 is 0 Å². The Hall–Kier alpha value is -2.46. The van der Waals surface area contributed by atoms with Crippen molar-refractivity contribution >= 4 is 34.0 Å². The molecule has 4 rings (SSSR count). The van der Waals surface area contributed by atoms with E-state index in [2.05, 4.69) is 32.7 Å². The van der Waals surface area contributed by atoms with Crippen molar-refractivity contribution in [3.05, 3.63) is 65.7 Å². The van der Waals surface area contributed by atoms with Gasteiger partial charge in [0.2, 0.25) is 0 Å². The Balaban J connectivity index is 2.17. The first-order chi connectivity index (χ1) is 9.84. The highest BCUT2D eigenvalue weighted by atomic mass is 32.1. The Bertz CT molecular complexity index is 976. The van der Waals surface area contributed by atoms with E-state index >= 15 is 0 Å². The molecule has 0 saturated heterocycles. The number of fused-ring (bicyclic) bond motifs is 2. The fourth-order valence-electron chi connectivity index (χ4n) is 2.59. The van der Waals surface area contributed by atoms with Gasteiger partial charge in [0.1, 0.15) is 0 Å². The predicted octanol–water partition coefficient (Wildman–Crippen LogP) is 4.24. The summed E-state index contributed by atoms with van der Waals surface area (Å²) in [4.78, 5) is 7.48. The van der Waals surface area contributed by atoms with Crippen LogP contribution in [0.5, 0.6) is 0 Å². The molecule has 0 amide bonds. The lowest BCUT2D eigenvalue weighted by molar-refractivity contribution is 1.07. The molecule has 0 atom stereocenters. The first kappa shape index (κ1) is 11.4. The average molecular weight is 277 g/mol. The Morgan fingerprint density at radius 3 is 2.85 bits per heavy atom. The van der Waals surface area contributed by atoms with Crippen LogP contribution in [0.4, 0.5) is 0 Å². The van der Waals surface area contributed by atoms with E-state index in [1.54, 1.807) is 6.20 Å². The molecule has 0 unspecified atom stereocenters. The zero-order chi connectivity index (χ0) is 13.5. The molecule has 0 saturated carbocycles. The summed E-state index contributed by atoms with van der Waals surface area (Å²) >= 11 is 5.48. The van der Waals surface area contributed by atoms with Gasteiger partial charge in [-0.15, -0.1) is 0 Å². The summed E-state index contributed by atoms with van der Waals surface area (Å²) < 4.78 is 2.76. The van der Waals surface area contributed by atoms with Gasteiger partial charge in [-0.2, -0.15) is 0 Å². The smallest absolute Gasteiger partial charge is 0.182 e. The van der Waals surface area contributed by atoms with Crippen LogP contribution in [0, 0.1) is 4.77 Å². The van der Waals surface area contributed by atoms with Crippen LogP contribution >= 0.6 is 12.2 Å². The Labute approximate surface area is 120 Å². The number of aromatic amines is 1. The monoisotopic (exact) mass is 277 g/mol. The molecule has 0 bridgehead atoms. The largest absolute Gasteiger partial charge is 0.330 e. The Kier molecular flexibility index (Phi) is 2.44. The zero-order valence-corrected chi connectivity index (χ0v) is 11.4. The van der Waals surface area contributed by atoms with Crippen molar-refractivity contribution in [1.82, 2.24) is 14.5 Å². The number of pyridine rings is 1. The first-order valence-electron chi connectivity index (χ1n) is 6.37. The SMILES string of the molecule is S=c1[nH]c2ccccc2n1-c1cccc2ccncc12. The van der Waals surface area contributed by atoms with Crippen LogP contribution in [-0.2, 0) is 0 Å². The van der Waals surface area contributed by atoms with Gasteiger partial charge in [0, 0.05) is 17.8 Å². The molecule has 2 aromatic heterocycles. The summed E-state index contributed by atoms with van der Waals surface area (Å²) in [6.45, 7) is 0. The van der Waals surface area contributed by atoms with Crippen LogP contribution in [0.3, 0.4) is 0 Å². The van der Waals surface area contributed by atoms with E-state index in [1.165, 1.54) is 0 Å². The number of nitrogens with one attached hydrogen (secondary N) is 1. The van der Waals surface area contributed by atoms with Crippen LogP contribution in [0.25, 0.3) is 27.5 Å². The van der Waals surface area contributed by atoms with Gasteiger partial charge in [-0.3, -0.25) is 9.55 Å². The molecule has 0 aliphatic carbocycles. The molecular formula is C16H11N3S. The lowest BCUT2D eigenvalue weighted by Gasteiger charge is -2.08. The summed E-state index contributed by atoms with van der Waals surface area (Å²) in [6, 6.07) is 16.3. The number of imidazole rings is 1. The number of aromatic nitrogens is 3.